The van der Waals surface area contributed by atoms with E-state index in [9.17, 15) is 19.2 Å². The van der Waals surface area contributed by atoms with Gasteiger partial charge in [-0.05, 0) is 18.8 Å². The fraction of sp³-hybridized carbons (Fsp3) is 0.750. The van der Waals surface area contributed by atoms with Gasteiger partial charge in [0.2, 0.25) is 23.6 Å². The Morgan fingerprint density at radius 2 is 1.70 bits per heavy atom. The molecule has 1 aliphatic carbocycles. The Bertz CT molecular complexity index is 493. The number of carbonyl (C=O) groups is 4. The molecule has 7 nitrogen and oxygen atoms in total. The maximum Gasteiger partial charge on any atom is 0.240 e. The molecule has 0 aromatic rings. The molecule has 3 N–H and O–H groups in total. The van der Waals surface area contributed by atoms with Crippen LogP contribution in [-0.2, 0) is 19.2 Å². The number of likely N-dealkylation sites (tertiary alicyclic amines) is 1. The minimum Gasteiger partial charge on any atom is -0.368 e. The first-order chi connectivity index (χ1) is 10.8. The van der Waals surface area contributed by atoms with Gasteiger partial charge in [-0.25, -0.2) is 0 Å². The summed E-state index contributed by atoms with van der Waals surface area (Å²) < 4.78 is 0. The summed E-state index contributed by atoms with van der Waals surface area (Å²) in [7, 11) is 0. The van der Waals surface area contributed by atoms with Crippen molar-refractivity contribution >= 4 is 23.6 Å². The van der Waals surface area contributed by atoms with Crippen LogP contribution in [0.1, 0.15) is 46.0 Å². The van der Waals surface area contributed by atoms with E-state index in [1.54, 1.807) is 13.8 Å². The maximum atomic E-state index is 12.3. The lowest BCUT2D eigenvalue weighted by Gasteiger charge is -2.20. The van der Waals surface area contributed by atoms with Crippen LogP contribution in [0.4, 0.5) is 0 Å². The second-order valence-electron chi connectivity index (χ2n) is 6.77. The number of hydrogen-bond donors (Lipinski definition) is 2. The van der Waals surface area contributed by atoms with Crippen LogP contribution in [-0.4, -0.2) is 41.1 Å². The second-order valence-corrected chi connectivity index (χ2v) is 6.77. The lowest BCUT2D eigenvalue weighted by atomic mass is 9.81. The first kappa shape index (κ1) is 17.4. The lowest BCUT2D eigenvalue weighted by Crippen LogP contribution is -2.48. The van der Waals surface area contributed by atoms with Crippen molar-refractivity contribution in [2.45, 2.75) is 52.0 Å². The van der Waals surface area contributed by atoms with E-state index in [1.807, 2.05) is 0 Å². The molecule has 1 aliphatic heterocycles. The number of fused-ring (bicyclic) bond motifs is 1. The Hall–Kier alpha value is -1.92. The predicted octanol–water partition coefficient (Wildman–Crippen LogP) is 0.178. The normalized spacial score (nSPS) is 25.4. The molecule has 1 saturated carbocycles. The van der Waals surface area contributed by atoms with Crippen molar-refractivity contribution in [3.63, 3.8) is 0 Å². The van der Waals surface area contributed by atoms with Gasteiger partial charge in [0.05, 0.1) is 11.8 Å². The van der Waals surface area contributed by atoms with E-state index < -0.39 is 11.9 Å². The number of imide groups is 1. The highest BCUT2D eigenvalue weighted by Crippen LogP contribution is 2.37. The number of nitrogens with zero attached hydrogens (tertiary/aromatic N) is 1. The standard InChI is InChI=1S/C16H25N3O4/c1-9(2)13(14(17)21)18-12(20)7-8-19-15(22)10-5-3-4-6-11(10)16(19)23/h9-11,13H,3-8H2,1-2H3,(H2,17,21)(H,18,20). The Balaban J connectivity index is 1.90. The second kappa shape index (κ2) is 7.10. The zero-order valence-electron chi connectivity index (χ0n) is 13.7. The Morgan fingerprint density at radius 1 is 1.17 bits per heavy atom. The molecule has 4 amide bonds. The summed E-state index contributed by atoms with van der Waals surface area (Å²) in [5.41, 5.74) is 5.26. The van der Waals surface area contributed by atoms with Gasteiger partial charge in [-0.3, -0.25) is 24.1 Å². The van der Waals surface area contributed by atoms with Gasteiger partial charge in [0.1, 0.15) is 6.04 Å². The van der Waals surface area contributed by atoms with Gasteiger partial charge in [-0.1, -0.05) is 26.7 Å². The lowest BCUT2D eigenvalue weighted by molar-refractivity contribution is -0.140. The van der Waals surface area contributed by atoms with Gasteiger partial charge in [0.15, 0.2) is 0 Å². The molecule has 1 heterocycles. The van der Waals surface area contributed by atoms with Crippen LogP contribution >= 0.6 is 0 Å². The van der Waals surface area contributed by atoms with E-state index in [1.165, 1.54) is 4.90 Å². The number of rotatable bonds is 6. The summed E-state index contributed by atoms with van der Waals surface area (Å²) in [6.45, 7) is 3.64. The van der Waals surface area contributed by atoms with Crippen LogP contribution in [0, 0.1) is 17.8 Å². The number of carbonyl (C=O) groups excluding carboxylic acids is 4. The first-order valence-electron chi connectivity index (χ1n) is 8.26. The molecule has 0 aromatic heterocycles. The zero-order valence-corrected chi connectivity index (χ0v) is 13.7. The molecular formula is C16H25N3O4. The van der Waals surface area contributed by atoms with E-state index in [0.29, 0.717) is 0 Å². The molecule has 2 fully saturated rings. The Morgan fingerprint density at radius 3 is 2.13 bits per heavy atom. The SMILES string of the molecule is CC(C)C(NC(=O)CCN1C(=O)C2CCCCC2C1=O)C(N)=O. The Labute approximate surface area is 135 Å². The van der Waals surface area contributed by atoms with Gasteiger partial charge < -0.3 is 11.1 Å². The van der Waals surface area contributed by atoms with Crippen molar-refractivity contribution < 1.29 is 19.2 Å². The largest absolute Gasteiger partial charge is 0.368 e. The van der Waals surface area contributed by atoms with Gasteiger partial charge in [-0.2, -0.15) is 0 Å². The third-order valence-electron chi connectivity index (χ3n) is 4.78. The summed E-state index contributed by atoms with van der Waals surface area (Å²) in [6.07, 6.45) is 3.46. The van der Waals surface area contributed by atoms with Crippen molar-refractivity contribution in [2.75, 3.05) is 6.54 Å². The summed E-state index contributed by atoms with van der Waals surface area (Å²) >= 11 is 0. The number of amides is 4. The molecule has 3 unspecified atom stereocenters. The highest BCUT2D eigenvalue weighted by molar-refractivity contribution is 6.05. The van der Waals surface area contributed by atoms with E-state index in [4.69, 9.17) is 5.73 Å². The van der Waals surface area contributed by atoms with Crippen LogP contribution in [0.25, 0.3) is 0 Å². The van der Waals surface area contributed by atoms with E-state index in [2.05, 4.69) is 5.32 Å². The third kappa shape index (κ3) is 3.71. The highest BCUT2D eigenvalue weighted by Gasteiger charge is 2.47. The van der Waals surface area contributed by atoms with Gasteiger partial charge in [0, 0.05) is 13.0 Å². The minimum atomic E-state index is -0.741. The summed E-state index contributed by atoms with van der Waals surface area (Å²) in [5.74, 6) is -1.78. The van der Waals surface area contributed by atoms with E-state index in [0.717, 1.165) is 25.7 Å². The van der Waals surface area contributed by atoms with E-state index >= 15 is 0 Å². The number of nitrogens with two attached hydrogens (primary N) is 1. The zero-order chi connectivity index (χ0) is 17.1. The van der Waals surface area contributed by atoms with Gasteiger partial charge >= 0.3 is 0 Å². The van der Waals surface area contributed by atoms with Gasteiger partial charge in [-0.15, -0.1) is 0 Å². The first-order valence-corrected chi connectivity index (χ1v) is 8.26. The van der Waals surface area contributed by atoms with Crippen LogP contribution in [0.5, 0.6) is 0 Å². The maximum absolute atomic E-state index is 12.3. The minimum absolute atomic E-state index is 0.00653. The number of hydrogen-bond acceptors (Lipinski definition) is 4. The van der Waals surface area contributed by atoms with Crippen LogP contribution in [0.15, 0.2) is 0 Å². The molecular weight excluding hydrogens is 298 g/mol. The van der Waals surface area contributed by atoms with Gasteiger partial charge in [0.25, 0.3) is 0 Å². The third-order valence-corrected chi connectivity index (χ3v) is 4.78. The van der Waals surface area contributed by atoms with Crippen LogP contribution in [0.3, 0.4) is 0 Å². The summed E-state index contributed by atoms with van der Waals surface area (Å²) in [4.78, 5) is 49.1. The molecule has 0 radical (unpaired) electrons. The number of nitrogens with one attached hydrogen (secondary N) is 1. The van der Waals surface area contributed by atoms with Crippen molar-refractivity contribution in [2.24, 2.45) is 23.5 Å². The predicted molar refractivity (Wildman–Crippen MR) is 82.7 cm³/mol. The van der Waals surface area contributed by atoms with Crippen LogP contribution in [0.2, 0.25) is 0 Å². The molecule has 3 atom stereocenters. The molecule has 2 aliphatic rings. The molecule has 128 valence electrons. The number of primary amides is 1. The molecule has 0 bridgehead atoms. The molecule has 0 aromatic carbocycles. The van der Waals surface area contributed by atoms with Crippen molar-refractivity contribution in [1.82, 2.24) is 10.2 Å². The molecule has 2 rings (SSSR count). The quantitative estimate of drug-likeness (QED) is 0.679. The molecule has 23 heavy (non-hydrogen) atoms. The van der Waals surface area contributed by atoms with Crippen molar-refractivity contribution in [1.29, 1.82) is 0 Å². The highest BCUT2D eigenvalue weighted by atomic mass is 16.2. The monoisotopic (exact) mass is 323 g/mol. The summed E-state index contributed by atoms with van der Waals surface area (Å²) in [6, 6.07) is -0.741. The summed E-state index contributed by atoms with van der Waals surface area (Å²) in [5, 5.41) is 2.57. The fourth-order valence-electron chi connectivity index (χ4n) is 3.48. The smallest absolute Gasteiger partial charge is 0.240 e. The molecule has 7 heteroatoms. The average molecular weight is 323 g/mol. The van der Waals surface area contributed by atoms with Crippen molar-refractivity contribution in [3.05, 3.63) is 0 Å². The molecule has 0 spiro atoms. The Kier molecular flexibility index (Phi) is 5.38. The topological polar surface area (TPSA) is 110 Å². The average Bonchev–Trinajstić information content (AvgIpc) is 2.74. The van der Waals surface area contributed by atoms with Crippen LogP contribution < -0.4 is 11.1 Å². The van der Waals surface area contributed by atoms with Crippen molar-refractivity contribution in [3.8, 4) is 0 Å². The fourth-order valence-corrected chi connectivity index (χ4v) is 3.48. The molecule has 1 saturated heterocycles. The van der Waals surface area contributed by atoms with E-state index in [-0.39, 0.29) is 48.4 Å².